The topological polar surface area (TPSA) is 85.4 Å². The van der Waals surface area contributed by atoms with Crippen LogP contribution in [0.5, 0.6) is 11.5 Å². The third kappa shape index (κ3) is 4.80. The van der Waals surface area contributed by atoms with Crippen molar-refractivity contribution in [1.82, 2.24) is 9.80 Å². The summed E-state index contributed by atoms with van der Waals surface area (Å²) in [5.74, 6) is 1.51. The average Bonchev–Trinajstić information content (AvgIpc) is 3.54. The molecule has 8 heteroatoms. The quantitative estimate of drug-likeness (QED) is 0.491. The van der Waals surface area contributed by atoms with E-state index in [1.165, 1.54) is 11.2 Å². The van der Waals surface area contributed by atoms with Crippen LogP contribution in [0.25, 0.3) is 0 Å². The van der Waals surface area contributed by atoms with Crippen molar-refractivity contribution in [2.45, 2.75) is 13.1 Å². The molecule has 0 bridgehead atoms. The van der Waals surface area contributed by atoms with Gasteiger partial charge in [0.25, 0.3) is 5.91 Å². The minimum absolute atomic E-state index is 0.128. The van der Waals surface area contributed by atoms with Crippen molar-refractivity contribution in [3.63, 3.8) is 0 Å². The number of amides is 2. The molecular formula is C23H22N2O6. The monoisotopic (exact) mass is 422 g/mol. The summed E-state index contributed by atoms with van der Waals surface area (Å²) in [6, 6.07) is 12.3. The molecule has 0 saturated heterocycles. The van der Waals surface area contributed by atoms with Crippen molar-refractivity contribution in [3.05, 3.63) is 84.7 Å². The number of carbonyl (C=O) groups is 2. The summed E-state index contributed by atoms with van der Waals surface area (Å²) in [4.78, 5) is 29.0. The normalized spacial score (nSPS) is 11.9. The second-order valence-electron chi connectivity index (χ2n) is 6.97. The molecule has 0 unspecified atom stereocenters. The minimum atomic E-state index is -0.376. The summed E-state index contributed by atoms with van der Waals surface area (Å²) in [6.07, 6.45) is 4.55. The number of nitrogens with zero attached hydrogens (tertiary/aromatic N) is 2. The Balaban J connectivity index is 1.52. The molecule has 0 saturated carbocycles. The number of benzene rings is 1. The maximum Gasteiger partial charge on any atom is 0.290 e. The Bertz CT molecular complexity index is 1040. The Labute approximate surface area is 179 Å². The zero-order chi connectivity index (χ0) is 21.6. The van der Waals surface area contributed by atoms with E-state index in [1.807, 2.05) is 18.2 Å². The van der Waals surface area contributed by atoms with Gasteiger partial charge in [0.05, 0.1) is 19.1 Å². The fourth-order valence-corrected chi connectivity index (χ4v) is 3.28. The van der Waals surface area contributed by atoms with Crippen LogP contribution in [0.15, 0.2) is 76.5 Å². The van der Waals surface area contributed by atoms with E-state index in [0.29, 0.717) is 23.8 Å². The predicted octanol–water partition coefficient (Wildman–Crippen LogP) is 3.46. The van der Waals surface area contributed by atoms with Gasteiger partial charge in [0.2, 0.25) is 12.7 Å². The van der Waals surface area contributed by atoms with Gasteiger partial charge in [-0.3, -0.25) is 9.59 Å². The highest BCUT2D eigenvalue weighted by Crippen LogP contribution is 2.33. The summed E-state index contributed by atoms with van der Waals surface area (Å²) in [7, 11) is 0. The highest BCUT2D eigenvalue weighted by Gasteiger charge is 2.24. The van der Waals surface area contributed by atoms with E-state index < -0.39 is 0 Å². The molecule has 0 atom stereocenters. The molecule has 0 radical (unpaired) electrons. The largest absolute Gasteiger partial charge is 0.467 e. The zero-order valence-electron chi connectivity index (χ0n) is 16.9. The Kier molecular flexibility index (Phi) is 6.07. The molecule has 1 aliphatic rings. The molecular weight excluding hydrogens is 400 g/mol. The molecule has 2 amide bonds. The summed E-state index contributed by atoms with van der Waals surface area (Å²) in [6.45, 7) is 4.53. The average molecular weight is 422 g/mol. The lowest BCUT2D eigenvalue weighted by Gasteiger charge is -2.26. The number of hydrogen-bond donors (Lipinski definition) is 0. The highest BCUT2D eigenvalue weighted by atomic mass is 16.7. The molecule has 0 N–H and O–H groups in total. The van der Waals surface area contributed by atoms with Gasteiger partial charge >= 0.3 is 0 Å². The lowest BCUT2D eigenvalue weighted by molar-refractivity contribution is -0.133. The predicted molar refractivity (Wildman–Crippen MR) is 110 cm³/mol. The Hall–Kier alpha value is -3.94. The summed E-state index contributed by atoms with van der Waals surface area (Å²) in [5.41, 5.74) is 0.872. The second-order valence-corrected chi connectivity index (χ2v) is 6.97. The van der Waals surface area contributed by atoms with Crippen molar-refractivity contribution >= 4 is 11.8 Å². The number of furan rings is 2. The molecule has 0 fully saturated rings. The standard InChI is InChI=1S/C23H22N2O6/c1-2-9-24(23(27)20-6-4-11-29-20)15-22(26)25(14-18-5-3-10-28-18)13-17-7-8-19-21(12-17)31-16-30-19/h2-8,10-12H,1,9,13-16H2. The summed E-state index contributed by atoms with van der Waals surface area (Å²) in [5, 5.41) is 0. The van der Waals surface area contributed by atoms with Gasteiger partial charge in [0.15, 0.2) is 17.3 Å². The van der Waals surface area contributed by atoms with Crippen molar-refractivity contribution in [1.29, 1.82) is 0 Å². The number of ether oxygens (including phenoxy) is 2. The first kappa shape index (κ1) is 20.3. The highest BCUT2D eigenvalue weighted by molar-refractivity contribution is 5.94. The maximum atomic E-state index is 13.2. The zero-order valence-corrected chi connectivity index (χ0v) is 16.9. The van der Waals surface area contributed by atoms with Crippen LogP contribution >= 0.6 is 0 Å². The molecule has 1 aromatic carbocycles. The van der Waals surface area contributed by atoms with Crippen LogP contribution in [0.1, 0.15) is 21.9 Å². The third-order valence-electron chi connectivity index (χ3n) is 4.78. The van der Waals surface area contributed by atoms with Crippen LogP contribution in [0.4, 0.5) is 0 Å². The molecule has 2 aromatic heterocycles. The van der Waals surface area contributed by atoms with Gasteiger partial charge in [-0.05, 0) is 42.0 Å². The second kappa shape index (κ2) is 9.25. The smallest absolute Gasteiger partial charge is 0.290 e. The minimum Gasteiger partial charge on any atom is -0.467 e. The fraction of sp³-hybridized carbons (Fsp3) is 0.217. The SMILES string of the molecule is C=CCN(CC(=O)N(Cc1ccc2c(c1)OCO2)Cc1ccco1)C(=O)c1ccco1. The van der Waals surface area contributed by atoms with Crippen LogP contribution in [0, 0.1) is 0 Å². The number of rotatable bonds is 9. The first-order valence-corrected chi connectivity index (χ1v) is 9.76. The van der Waals surface area contributed by atoms with Crippen molar-refractivity contribution in [2.75, 3.05) is 19.9 Å². The molecule has 1 aliphatic heterocycles. The van der Waals surface area contributed by atoms with Gasteiger partial charge in [0.1, 0.15) is 12.3 Å². The van der Waals surface area contributed by atoms with Gasteiger partial charge in [-0.25, -0.2) is 0 Å². The van der Waals surface area contributed by atoms with Crippen LogP contribution in [0.2, 0.25) is 0 Å². The van der Waals surface area contributed by atoms with Crippen molar-refractivity contribution < 1.29 is 27.9 Å². The van der Waals surface area contributed by atoms with Gasteiger partial charge in [-0.15, -0.1) is 6.58 Å². The Morgan fingerprint density at radius 3 is 2.52 bits per heavy atom. The van der Waals surface area contributed by atoms with Gasteiger partial charge in [-0.2, -0.15) is 0 Å². The van der Waals surface area contributed by atoms with Crippen LogP contribution in [0.3, 0.4) is 0 Å². The van der Waals surface area contributed by atoms with Crippen LogP contribution < -0.4 is 9.47 Å². The van der Waals surface area contributed by atoms with Gasteiger partial charge in [-0.1, -0.05) is 12.1 Å². The first-order chi connectivity index (χ1) is 15.1. The molecule has 3 heterocycles. The van der Waals surface area contributed by atoms with Gasteiger partial charge in [0, 0.05) is 13.1 Å². The van der Waals surface area contributed by atoms with Crippen LogP contribution in [-0.2, 0) is 17.9 Å². The van der Waals surface area contributed by atoms with E-state index in [-0.39, 0.29) is 44.0 Å². The molecule has 160 valence electrons. The molecule has 31 heavy (non-hydrogen) atoms. The summed E-state index contributed by atoms with van der Waals surface area (Å²) < 4.78 is 21.4. The Morgan fingerprint density at radius 2 is 1.77 bits per heavy atom. The molecule has 0 spiro atoms. The molecule has 3 aromatic rings. The van der Waals surface area contributed by atoms with E-state index >= 15 is 0 Å². The number of fused-ring (bicyclic) bond motifs is 1. The number of hydrogen-bond acceptors (Lipinski definition) is 6. The fourth-order valence-electron chi connectivity index (χ4n) is 3.28. The van der Waals surface area contributed by atoms with E-state index in [2.05, 4.69) is 6.58 Å². The molecule has 4 rings (SSSR count). The van der Waals surface area contributed by atoms with E-state index in [1.54, 1.807) is 41.5 Å². The lowest BCUT2D eigenvalue weighted by atomic mass is 10.2. The third-order valence-corrected chi connectivity index (χ3v) is 4.78. The molecule has 0 aliphatic carbocycles. The van der Waals surface area contributed by atoms with Crippen LogP contribution in [-0.4, -0.2) is 41.5 Å². The Morgan fingerprint density at radius 1 is 0.968 bits per heavy atom. The maximum absolute atomic E-state index is 13.2. The first-order valence-electron chi connectivity index (χ1n) is 9.76. The van der Waals surface area contributed by atoms with Crippen molar-refractivity contribution in [3.8, 4) is 11.5 Å². The molecule has 8 nitrogen and oxygen atoms in total. The van der Waals surface area contributed by atoms with E-state index in [9.17, 15) is 9.59 Å². The van der Waals surface area contributed by atoms with Gasteiger partial charge < -0.3 is 28.1 Å². The van der Waals surface area contributed by atoms with Crippen molar-refractivity contribution in [2.24, 2.45) is 0 Å². The van der Waals surface area contributed by atoms with E-state index in [0.717, 1.165) is 5.56 Å². The lowest BCUT2D eigenvalue weighted by Crippen LogP contribution is -2.42. The number of carbonyl (C=O) groups excluding carboxylic acids is 2. The summed E-state index contributed by atoms with van der Waals surface area (Å²) >= 11 is 0. The van der Waals surface area contributed by atoms with E-state index in [4.69, 9.17) is 18.3 Å².